The number of nitrogens with zero attached hydrogens (tertiary/aromatic N) is 6. The van der Waals surface area contributed by atoms with Gasteiger partial charge < -0.3 is 5.32 Å². The largest absolute Gasteiger partial charge is 0.367 e. The minimum absolute atomic E-state index is 0.0294. The summed E-state index contributed by atoms with van der Waals surface area (Å²) in [6, 6.07) is 2.18. The molecule has 3 aromatic rings. The van der Waals surface area contributed by atoms with Gasteiger partial charge in [-0.25, -0.2) is 14.5 Å². The molecule has 0 bridgehead atoms. The normalized spacial score (nSPS) is 17.1. The average molecular weight is 384 g/mol. The Labute approximate surface area is 164 Å². The lowest BCUT2D eigenvalue weighted by molar-refractivity contribution is 0.466. The summed E-state index contributed by atoms with van der Waals surface area (Å²) >= 11 is 0. The summed E-state index contributed by atoms with van der Waals surface area (Å²) in [7, 11) is 0. The third kappa shape index (κ3) is 3.43. The Hall–Kier alpha value is -2.64. The Morgan fingerprint density at radius 2 is 2.11 bits per heavy atom. The fraction of sp³-hybridized carbons (Fsp3) is 0.600. The van der Waals surface area contributed by atoms with Gasteiger partial charge in [-0.3, -0.25) is 4.57 Å². The molecule has 0 saturated carbocycles. The van der Waals surface area contributed by atoms with Gasteiger partial charge in [-0.05, 0) is 39.0 Å². The van der Waals surface area contributed by atoms with Gasteiger partial charge in [0.25, 0.3) is 0 Å². The highest BCUT2D eigenvalue weighted by molar-refractivity contribution is 5.55. The molecule has 1 unspecified atom stereocenters. The van der Waals surface area contributed by atoms with Gasteiger partial charge in [0.2, 0.25) is 0 Å². The van der Waals surface area contributed by atoms with Crippen LogP contribution in [0.1, 0.15) is 50.2 Å². The number of anilines is 1. The minimum Gasteiger partial charge on any atom is -0.367 e. The number of rotatable bonds is 5. The van der Waals surface area contributed by atoms with Crippen LogP contribution in [0.15, 0.2) is 17.1 Å². The van der Waals surface area contributed by atoms with Gasteiger partial charge in [0, 0.05) is 42.9 Å². The molecule has 0 saturated heterocycles. The van der Waals surface area contributed by atoms with E-state index in [-0.39, 0.29) is 11.7 Å². The molecule has 1 N–H and O–H groups in total. The Morgan fingerprint density at radius 3 is 2.89 bits per heavy atom. The molecule has 0 spiro atoms. The first-order valence-electron chi connectivity index (χ1n) is 10.2. The summed E-state index contributed by atoms with van der Waals surface area (Å²) < 4.78 is 5.37. The van der Waals surface area contributed by atoms with Crippen LogP contribution < -0.4 is 11.0 Å². The van der Waals surface area contributed by atoms with E-state index in [9.17, 15) is 4.79 Å². The summed E-state index contributed by atoms with van der Waals surface area (Å²) in [5, 5.41) is 12.7. The Bertz CT molecular complexity index is 1040. The van der Waals surface area contributed by atoms with E-state index in [0.29, 0.717) is 19.0 Å². The molecular weight excluding hydrogens is 354 g/mol. The maximum Gasteiger partial charge on any atom is 0.345 e. The molecule has 3 aromatic heterocycles. The van der Waals surface area contributed by atoms with Gasteiger partial charge in [-0.2, -0.15) is 14.7 Å². The Balaban J connectivity index is 1.52. The van der Waals surface area contributed by atoms with E-state index >= 15 is 0 Å². The summed E-state index contributed by atoms with van der Waals surface area (Å²) in [6.45, 7) is 9.82. The molecule has 28 heavy (non-hydrogen) atoms. The number of aromatic nitrogens is 6. The first-order valence-corrected chi connectivity index (χ1v) is 10.2. The van der Waals surface area contributed by atoms with Crippen molar-refractivity contribution in [1.29, 1.82) is 0 Å². The van der Waals surface area contributed by atoms with Crippen molar-refractivity contribution in [1.82, 2.24) is 28.9 Å². The Morgan fingerprint density at radius 1 is 1.29 bits per heavy atom. The van der Waals surface area contributed by atoms with E-state index in [1.54, 1.807) is 10.9 Å². The van der Waals surface area contributed by atoms with Crippen LogP contribution in [0.2, 0.25) is 0 Å². The lowest BCUT2D eigenvalue weighted by Gasteiger charge is -2.20. The number of nitrogens with one attached hydrogen (secondary N) is 1. The highest BCUT2D eigenvalue weighted by atomic mass is 16.2. The molecule has 0 amide bonds. The van der Waals surface area contributed by atoms with E-state index in [1.807, 2.05) is 22.1 Å². The standard InChI is InChI=1S/C20H29N7O/c1-13(2)8-12-26-20(28)25-11-9-16(5-6-18(25)24-26)23-19-14(3)15(4)22-17-7-10-21-27(17)19/h7,10,13,16,23H,5-6,8-9,11-12H2,1-4H3. The van der Waals surface area contributed by atoms with Gasteiger partial charge in [0.1, 0.15) is 11.6 Å². The van der Waals surface area contributed by atoms with E-state index in [2.05, 4.69) is 41.3 Å². The quantitative estimate of drug-likeness (QED) is 0.732. The second-order valence-corrected chi connectivity index (χ2v) is 8.20. The van der Waals surface area contributed by atoms with Crippen molar-refractivity contribution in [2.75, 3.05) is 5.32 Å². The fourth-order valence-corrected chi connectivity index (χ4v) is 3.80. The van der Waals surface area contributed by atoms with E-state index in [4.69, 9.17) is 0 Å². The molecule has 1 atom stereocenters. The van der Waals surface area contributed by atoms with Crippen LogP contribution in [0, 0.1) is 19.8 Å². The van der Waals surface area contributed by atoms with Crippen LogP contribution in [0.4, 0.5) is 5.82 Å². The third-order valence-electron chi connectivity index (χ3n) is 5.69. The molecule has 1 aliphatic heterocycles. The van der Waals surface area contributed by atoms with Crippen molar-refractivity contribution in [2.24, 2.45) is 5.92 Å². The van der Waals surface area contributed by atoms with E-state index in [1.165, 1.54) is 0 Å². The molecular formula is C20H29N7O. The summed E-state index contributed by atoms with van der Waals surface area (Å²) in [5.41, 5.74) is 2.99. The lowest BCUT2D eigenvalue weighted by Crippen LogP contribution is -2.28. The number of hydrogen-bond acceptors (Lipinski definition) is 5. The molecule has 150 valence electrons. The monoisotopic (exact) mass is 383 g/mol. The fourth-order valence-electron chi connectivity index (χ4n) is 3.80. The Kier molecular flexibility index (Phi) is 4.95. The van der Waals surface area contributed by atoms with Crippen LogP contribution >= 0.6 is 0 Å². The van der Waals surface area contributed by atoms with Gasteiger partial charge in [0.05, 0.1) is 6.20 Å². The molecule has 0 fully saturated rings. The second kappa shape index (κ2) is 7.41. The second-order valence-electron chi connectivity index (χ2n) is 8.20. The third-order valence-corrected chi connectivity index (χ3v) is 5.69. The predicted octanol–water partition coefficient (Wildman–Crippen LogP) is 2.57. The molecule has 8 nitrogen and oxygen atoms in total. The van der Waals surface area contributed by atoms with Crippen LogP contribution in [-0.4, -0.2) is 35.0 Å². The zero-order chi connectivity index (χ0) is 19.8. The van der Waals surface area contributed by atoms with Crippen molar-refractivity contribution in [2.45, 2.75) is 72.5 Å². The van der Waals surface area contributed by atoms with Crippen molar-refractivity contribution in [3.05, 3.63) is 39.8 Å². The number of aryl methyl sites for hydroxylation is 3. The van der Waals surface area contributed by atoms with Crippen LogP contribution in [0.3, 0.4) is 0 Å². The molecule has 1 aliphatic rings. The van der Waals surface area contributed by atoms with E-state index in [0.717, 1.165) is 54.2 Å². The molecule has 8 heteroatoms. The lowest BCUT2D eigenvalue weighted by atomic mass is 10.1. The highest BCUT2D eigenvalue weighted by Crippen LogP contribution is 2.23. The first-order chi connectivity index (χ1) is 13.4. The zero-order valence-corrected chi connectivity index (χ0v) is 17.1. The number of fused-ring (bicyclic) bond motifs is 2. The minimum atomic E-state index is 0.0294. The smallest absolute Gasteiger partial charge is 0.345 e. The van der Waals surface area contributed by atoms with Crippen molar-refractivity contribution < 1.29 is 0 Å². The zero-order valence-electron chi connectivity index (χ0n) is 17.1. The molecule has 4 rings (SSSR count). The molecule has 0 aliphatic carbocycles. The van der Waals surface area contributed by atoms with Gasteiger partial charge in [-0.15, -0.1) is 0 Å². The SMILES string of the molecule is Cc1nc2ccnn2c(NC2CCc3nn(CCC(C)C)c(=O)n3CC2)c1C. The van der Waals surface area contributed by atoms with Crippen molar-refractivity contribution in [3.8, 4) is 0 Å². The first kappa shape index (κ1) is 18.7. The van der Waals surface area contributed by atoms with Crippen LogP contribution in [0.5, 0.6) is 0 Å². The maximum absolute atomic E-state index is 12.7. The van der Waals surface area contributed by atoms with Gasteiger partial charge in [-0.1, -0.05) is 13.8 Å². The van der Waals surface area contributed by atoms with E-state index < -0.39 is 0 Å². The van der Waals surface area contributed by atoms with Gasteiger partial charge in [0.15, 0.2) is 5.65 Å². The molecule has 0 radical (unpaired) electrons. The van der Waals surface area contributed by atoms with Gasteiger partial charge >= 0.3 is 5.69 Å². The summed E-state index contributed by atoms with van der Waals surface area (Å²) in [5.74, 6) is 2.46. The maximum atomic E-state index is 12.7. The molecule has 4 heterocycles. The predicted molar refractivity (Wildman–Crippen MR) is 109 cm³/mol. The topological polar surface area (TPSA) is 82.0 Å². The average Bonchev–Trinajstić information content (AvgIpc) is 3.17. The highest BCUT2D eigenvalue weighted by Gasteiger charge is 2.22. The van der Waals surface area contributed by atoms with Crippen molar-refractivity contribution in [3.63, 3.8) is 0 Å². The number of hydrogen-bond donors (Lipinski definition) is 1. The van der Waals surface area contributed by atoms with Crippen LogP contribution in [-0.2, 0) is 19.5 Å². The molecule has 0 aromatic carbocycles. The summed E-state index contributed by atoms with van der Waals surface area (Å²) in [6.07, 6.45) is 5.36. The van der Waals surface area contributed by atoms with Crippen LogP contribution in [0.25, 0.3) is 5.65 Å². The van der Waals surface area contributed by atoms with Crippen molar-refractivity contribution >= 4 is 11.5 Å². The summed E-state index contributed by atoms with van der Waals surface area (Å²) in [4.78, 5) is 17.3.